The Labute approximate surface area is 217 Å². The first kappa shape index (κ1) is 24.4. The zero-order valence-electron chi connectivity index (χ0n) is 20.5. The standard InChI is InChI=1S/C28H35N3O2S2/c1-2-31(17-19-6-4-3-5-7-19)24(34)15-20-10-13-23-22(14-20)25(27(33)29-16-18-8-9-18)28(35-23)30-26(32)21-11-12-21/h3-7,18,20-21H,2,8-17H2,1H3,(H,29,33)(H,30,32)/t20-/m0/s1. The summed E-state index contributed by atoms with van der Waals surface area (Å²) in [5, 5.41) is 7.01. The minimum absolute atomic E-state index is 0.0250. The van der Waals surface area contributed by atoms with Crippen LogP contribution in [0.3, 0.4) is 0 Å². The lowest BCUT2D eigenvalue weighted by atomic mass is 9.84. The van der Waals surface area contributed by atoms with Crippen LogP contribution in [0.1, 0.15) is 71.8 Å². The Morgan fingerprint density at radius 2 is 1.86 bits per heavy atom. The van der Waals surface area contributed by atoms with Crippen molar-refractivity contribution in [1.82, 2.24) is 10.2 Å². The van der Waals surface area contributed by atoms with Crippen LogP contribution in [-0.4, -0.2) is 34.8 Å². The molecule has 35 heavy (non-hydrogen) atoms. The number of carbonyl (C=O) groups excluding carboxylic acids is 2. The van der Waals surface area contributed by atoms with Crippen LogP contribution in [0, 0.1) is 17.8 Å². The number of carbonyl (C=O) groups is 2. The maximum Gasteiger partial charge on any atom is 0.254 e. The summed E-state index contributed by atoms with van der Waals surface area (Å²) in [7, 11) is 0. The van der Waals surface area contributed by atoms with Crippen molar-refractivity contribution < 1.29 is 9.59 Å². The molecule has 3 aliphatic rings. The Balaban J connectivity index is 1.29. The molecule has 1 heterocycles. The quantitative estimate of drug-likeness (QED) is 0.411. The number of aryl methyl sites for hydroxylation is 1. The van der Waals surface area contributed by atoms with Crippen molar-refractivity contribution in [2.24, 2.45) is 17.8 Å². The highest BCUT2D eigenvalue weighted by Crippen LogP contribution is 2.42. The van der Waals surface area contributed by atoms with Gasteiger partial charge in [-0.25, -0.2) is 0 Å². The molecule has 0 spiro atoms. The molecule has 5 nitrogen and oxygen atoms in total. The molecule has 1 aromatic carbocycles. The van der Waals surface area contributed by atoms with Gasteiger partial charge < -0.3 is 15.5 Å². The van der Waals surface area contributed by atoms with Gasteiger partial charge in [-0.1, -0.05) is 42.5 Å². The molecule has 7 heteroatoms. The van der Waals surface area contributed by atoms with E-state index >= 15 is 0 Å². The minimum atomic E-state index is -0.0250. The molecule has 2 N–H and O–H groups in total. The molecule has 1 aromatic heterocycles. The van der Waals surface area contributed by atoms with Crippen molar-refractivity contribution in [2.75, 3.05) is 18.4 Å². The average molecular weight is 510 g/mol. The van der Waals surface area contributed by atoms with Crippen molar-refractivity contribution >= 4 is 45.4 Å². The second-order valence-electron chi connectivity index (χ2n) is 10.3. The van der Waals surface area contributed by atoms with Gasteiger partial charge in [0.2, 0.25) is 5.91 Å². The molecule has 0 bridgehead atoms. The fourth-order valence-corrected chi connectivity index (χ4v) is 6.60. The van der Waals surface area contributed by atoms with E-state index < -0.39 is 0 Å². The number of thiocarbonyl (C=S) groups is 1. The second-order valence-corrected chi connectivity index (χ2v) is 11.9. The molecular weight excluding hydrogens is 474 g/mol. The highest BCUT2D eigenvalue weighted by molar-refractivity contribution is 7.80. The van der Waals surface area contributed by atoms with E-state index in [1.54, 1.807) is 11.3 Å². The monoisotopic (exact) mass is 509 g/mol. The summed E-state index contributed by atoms with van der Waals surface area (Å²) in [6.07, 6.45) is 8.02. The van der Waals surface area contributed by atoms with Gasteiger partial charge in [0.25, 0.3) is 5.91 Å². The van der Waals surface area contributed by atoms with Gasteiger partial charge in [0.05, 0.1) is 10.6 Å². The Bertz CT molecular complexity index is 1090. The fourth-order valence-electron chi connectivity index (χ4n) is 4.92. The number of nitrogens with zero attached hydrogens (tertiary/aromatic N) is 1. The van der Waals surface area contributed by atoms with E-state index in [2.05, 4.69) is 46.7 Å². The predicted molar refractivity (Wildman–Crippen MR) is 146 cm³/mol. The summed E-state index contributed by atoms with van der Waals surface area (Å²) in [6, 6.07) is 10.5. The van der Waals surface area contributed by atoms with Crippen molar-refractivity contribution in [1.29, 1.82) is 0 Å². The summed E-state index contributed by atoms with van der Waals surface area (Å²) >= 11 is 7.52. The first-order chi connectivity index (χ1) is 17.0. The number of rotatable bonds is 10. The van der Waals surface area contributed by atoms with Gasteiger partial charge in [0.15, 0.2) is 0 Å². The van der Waals surface area contributed by atoms with E-state index in [4.69, 9.17) is 12.2 Å². The summed E-state index contributed by atoms with van der Waals surface area (Å²) in [5.41, 5.74) is 3.12. The van der Waals surface area contributed by atoms with Gasteiger partial charge >= 0.3 is 0 Å². The topological polar surface area (TPSA) is 61.4 Å². The first-order valence-corrected chi connectivity index (χ1v) is 14.3. The molecule has 2 saturated carbocycles. The molecule has 3 aliphatic carbocycles. The number of nitrogens with one attached hydrogen (secondary N) is 2. The maximum atomic E-state index is 13.3. The molecule has 1 atom stereocenters. The molecule has 186 valence electrons. The summed E-state index contributed by atoms with van der Waals surface area (Å²) < 4.78 is 0. The highest BCUT2D eigenvalue weighted by Gasteiger charge is 2.34. The van der Waals surface area contributed by atoms with Gasteiger partial charge in [-0.05, 0) is 74.8 Å². The smallest absolute Gasteiger partial charge is 0.254 e. The van der Waals surface area contributed by atoms with Crippen molar-refractivity contribution in [3.05, 3.63) is 51.9 Å². The third-order valence-corrected chi connectivity index (χ3v) is 9.07. The second kappa shape index (κ2) is 10.8. The number of benzene rings is 1. The Hall–Kier alpha value is -2.25. The molecule has 2 fully saturated rings. The number of anilines is 1. The third-order valence-electron chi connectivity index (χ3n) is 7.44. The van der Waals surface area contributed by atoms with Gasteiger partial charge in [-0.3, -0.25) is 9.59 Å². The van der Waals surface area contributed by atoms with E-state index in [9.17, 15) is 9.59 Å². The van der Waals surface area contributed by atoms with Gasteiger partial charge in [0.1, 0.15) is 5.00 Å². The lowest BCUT2D eigenvalue weighted by molar-refractivity contribution is -0.117. The Kier molecular flexibility index (Phi) is 7.54. The highest BCUT2D eigenvalue weighted by atomic mass is 32.1. The van der Waals surface area contributed by atoms with Crippen LogP contribution in [0.25, 0.3) is 0 Å². The van der Waals surface area contributed by atoms with E-state index in [0.717, 1.165) is 73.7 Å². The van der Waals surface area contributed by atoms with Crippen LogP contribution in [0.4, 0.5) is 5.00 Å². The van der Waals surface area contributed by atoms with E-state index in [-0.39, 0.29) is 17.7 Å². The Morgan fingerprint density at radius 3 is 2.54 bits per heavy atom. The zero-order chi connectivity index (χ0) is 24.4. The normalized spacial score (nSPS) is 19.1. The average Bonchev–Trinajstić information content (AvgIpc) is 3.78. The van der Waals surface area contributed by atoms with Crippen LogP contribution >= 0.6 is 23.6 Å². The summed E-state index contributed by atoms with van der Waals surface area (Å²) in [4.78, 5) is 30.4. The van der Waals surface area contributed by atoms with Crippen LogP contribution in [0.5, 0.6) is 0 Å². The maximum absolute atomic E-state index is 13.3. The predicted octanol–water partition coefficient (Wildman–Crippen LogP) is 5.58. The zero-order valence-corrected chi connectivity index (χ0v) is 22.1. The molecule has 0 aliphatic heterocycles. The van der Waals surface area contributed by atoms with Crippen LogP contribution < -0.4 is 10.6 Å². The minimum Gasteiger partial charge on any atom is -0.362 e. The molecule has 0 radical (unpaired) electrons. The summed E-state index contributed by atoms with van der Waals surface area (Å²) in [6.45, 7) is 4.61. The van der Waals surface area contributed by atoms with Gasteiger partial charge in [0, 0.05) is 36.9 Å². The van der Waals surface area contributed by atoms with Gasteiger partial charge in [-0.15, -0.1) is 11.3 Å². The van der Waals surface area contributed by atoms with Gasteiger partial charge in [-0.2, -0.15) is 0 Å². The van der Waals surface area contributed by atoms with Crippen LogP contribution in [0.15, 0.2) is 30.3 Å². The lowest BCUT2D eigenvalue weighted by Crippen LogP contribution is -2.32. The Morgan fingerprint density at radius 1 is 1.09 bits per heavy atom. The van der Waals surface area contributed by atoms with Crippen LogP contribution in [-0.2, 0) is 24.2 Å². The van der Waals surface area contributed by atoms with Crippen molar-refractivity contribution in [3.8, 4) is 0 Å². The third kappa shape index (κ3) is 6.12. The van der Waals surface area contributed by atoms with E-state index in [0.29, 0.717) is 17.4 Å². The number of amides is 2. The molecule has 5 rings (SSSR count). The molecule has 2 aromatic rings. The first-order valence-electron chi connectivity index (χ1n) is 13.1. The SMILES string of the molecule is CCN(Cc1ccccc1)C(=S)C[C@H]1CCc2sc(NC(=O)C3CC3)c(C(=O)NCC3CC3)c2C1. The molecular formula is C28H35N3O2S2. The van der Waals surface area contributed by atoms with Crippen molar-refractivity contribution in [2.45, 2.75) is 64.8 Å². The number of fused-ring (bicyclic) bond motifs is 1. The van der Waals surface area contributed by atoms with E-state index in [1.807, 2.05) is 6.07 Å². The van der Waals surface area contributed by atoms with Crippen LogP contribution in [0.2, 0.25) is 0 Å². The number of thiophene rings is 1. The number of hydrogen-bond donors (Lipinski definition) is 2. The molecule has 2 amide bonds. The van der Waals surface area contributed by atoms with Crippen molar-refractivity contribution in [3.63, 3.8) is 0 Å². The molecule has 0 saturated heterocycles. The summed E-state index contributed by atoms with van der Waals surface area (Å²) in [5.74, 6) is 1.19. The number of hydrogen-bond acceptors (Lipinski definition) is 4. The lowest BCUT2D eigenvalue weighted by Gasteiger charge is -2.29. The molecule has 0 unspecified atom stereocenters. The largest absolute Gasteiger partial charge is 0.362 e. The van der Waals surface area contributed by atoms with E-state index in [1.165, 1.54) is 23.3 Å². The fraction of sp³-hybridized carbons (Fsp3) is 0.536.